The lowest BCUT2D eigenvalue weighted by Gasteiger charge is -2.32. The molecular formula is C14H21N3. The van der Waals surface area contributed by atoms with E-state index in [9.17, 15) is 0 Å². The van der Waals surface area contributed by atoms with Gasteiger partial charge in [0.2, 0.25) is 0 Å². The second-order valence-electron chi connectivity index (χ2n) is 5.43. The van der Waals surface area contributed by atoms with Crippen molar-refractivity contribution in [3.8, 4) is 6.07 Å². The summed E-state index contributed by atoms with van der Waals surface area (Å²) in [6.45, 7) is 6.45. The number of aromatic nitrogens is 2. The normalized spacial score (nSPS) is 17.8. The van der Waals surface area contributed by atoms with Gasteiger partial charge >= 0.3 is 0 Å². The number of nitriles is 1. The molecule has 17 heavy (non-hydrogen) atoms. The van der Waals surface area contributed by atoms with Crippen LogP contribution in [0, 0.1) is 24.2 Å². The summed E-state index contributed by atoms with van der Waals surface area (Å²) >= 11 is 0. The number of hydrogen-bond donors (Lipinski definition) is 0. The summed E-state index contributed by atoms with van der Waals surface area (Å²) in [5.41, 5.74) is 2.43. The SMILES string of the molecule is Cc1nn(C(CC#N)C2CCC2)cc1C(C)C. The number of aryl methyl sites for hydroxylation is 1. The molecule has 0 spiro atoms. The van der Waals surface area contributed by atoms with E-state index in [1.54, 1.807) is 0 Å². The van der Waals surface area contributed by atoms with Crippen molar-refractivity contribution in [2.75, 3.05) is 0 Å². The third-order valence-corrected chi connectivity index (χ3v) is 3.91. The largest absolute Gasteiger partial charge is 0.268 e. The summed E-state index contributed by atoms with van der Waals surface area (Å²) in [4.78, 5) is 0. The second-order valence-corrected chi connectivity index (χ2v) is 5.43. The van der Waals surface area contributed by atoms with Crippen LogP contribution in [0.25, 0.3) is 0 Å². The number of hydrogen-bond acceptors (Lipinski definition) is 2. The summed E-state index contributed by atoms with van der Waals surface area (Å²) in [5.74, 6) is 1.17. The Balaban J connectivity index is 2.23. The Morgan fingerprint density at radius 3 is 2.65 bits per heavy atom. The molecule has 3 heteroatoms. The van der Waals surface area contributed by atoms with E-state index in [2.05, 4.69) is 42.8 Å². The van der Waals surface area contributed by atoms with Crippen LogP contribution in [-0.2, 0) is 0 Å². The van der Waals surface area contributed by atoms with Crippen molar-refractivity contribution < 1.29 is 0 Å². The molecular weight excluding hydrogens is 210 g/mol. The topological polar surface area (TPSA) is 41.6 Å². The van der Waals surface area contributed by atoms with Gasteiger partial charge in [0.25, 0.3) is 0 Å². The zero-order valence-corrected chi connectivity index (χ0v) is 11.0. The third-order valence-electron chi connectivity index (χ3n) is 3.91. The Morgan fingerprint density at radius 2 is 2.24 bits per heavy atom. The highest BCUT2D eigenvalue weighted by molar-refractivity contribution is 5.19. The lowest BCUT2D eigenvalue weighted by molar-refractivity contribution is 0.198. The van der Waals surface area contributed by atoms with Crippen LogP contribution < -0.4 is 0 Å². The van der Waals surface area contributed by atoms with Crippen LogP contribution in [0.3, 0.4) is 0 Å². The van der Waals surface area contributed by atoms with Crippen molar-refractivity contribution in [1.82, 2.24) is 9.78 Å². The van der Waals surface area contributed by atoms with Gasteiger partial charge in [-0.25, -0.2) is 0 Å². The molecule has 0 saturated heterocycles. The van der Waals surface area contributed by atoms with E-state index in [4.69, 9.17) is 5.26 Å². The maximum atomic E-state index is 8.96. The van der Waals surface area contributed by atoms with Gasteiger partial charge < -0.3 is 0 Å². The molecule has 1 aromatic heterocycles. The molecule has 1 aliphatic rings. The highest BCUT2D eigenvalue weighted by atomic mass is 15.3. The van der Waals surface area contributed by atoms with Gasteiger partial charge in [-0.2, -0.15) is 10.4 Å². The van der Waals surface area contributed by atoms with Crippen LogP contribution in [0.2, 0.25) is 0 Å². The highest BCUT2D eigenvalue weighted by Gasteiger charge is 2.29. The lowest BCUT2D eigenvalue weighted by Crippen LogP contribution is -2.25. The highest BCUT2D eigenvalue weighted by Crippen LogP contribution is 2.38. The van der Waals surface area contributed by atoms with E-state index in [0.29, 0.717) is 24.3 Å². The second kappa shape index (κ2) is 4.91. The predicted octanol–water partition coefficient (Wildman–Crippen LogP) is 3.57. The first-order valence-electron chi connectivity index (χ1n) is 6.56. The molecule has 0 amide bonds. The Bertz CT molecular complexity index is 421. The van der Waals surface area contributed by atoms with E-state index in [-0.39, 0.29) is 0 Å². The fourth-order valence-electron chi connectivity index (χ4n) is 2.63. The summed E-state index contributed by atoms with van der Waals surface area (Å²) in [5, 5.41) is 13.6. The summed E-state index contributed by atoms with van der Waals surface area (Å²) in [7, 11) is 0. The van der Waals surface area contributed by atoms with Gasteiger partial charge in [-0.3, -0.25) is 4.68 Å². The van der Waals surface area contributed by atoms with Crippen LogP contribution in [0.4, 0.5) is 0 Å². The van der Waals surface area contributed by atoms with Gasteiger partial charge in [0.05, 0.1) is 24.2 Å². The zero-order valence-electron chi connectivity index (χ0n) is 11.0. The van der Waals surface area contributed by atoms with Crippen molar-refractivity contribution in [3.05, 3.63) is 17.5 Å². The van der Waals surface area contributed by atoms with E-state index >= 15 is 0 Å². The van der Waals surface area contributed by atoms with Gasteiger partial charge in [-0.1, -0.05) is 20.3 Å². The van der Waals surface area contributed by atoms with Crippen molar-refractivity contribution in [2.45, 2.75) is 58.4 Å². The molecule has 1 saturated carbocycles. The smallest absolute Gasteiger partial charge is 0.0677 e. The van der Waals surface area contributed by atoms with Crippen LogP contribution in [-0.4, -0.2) is 9.78 Å². The van der Waals surface area contributed by atoms with Crippen molar-refractivity contribution >= 4 is 0 Å². The minimum absolute atomic E-state index is 0.292. The molecule has 3 nitrogen and oxygen atoms in total. The van der Waals surface area contributed by atoms with Crippen LogP contribution in [0.5, 0.6) is 0 Å². The lowest BCUT2D eigenvalue weighted by atomic mass is 9.79. The predicted molar refractivity (Wildman–Crippen MR) is 67.7 cm³/mol. The standard InChI is InChI=1S/C14H21N3/c1-10(2)13-9-17(16-11(13)3)14(7-8-15)12-5-4-6-12/h9-10,12,14H,4-7H2,1-3H3. The molecule has 2 rings (SSSR count). The van der Waals surface area contributed by atoms with E-state index in [1.807, 2.05) is 0 Å². The molecule has 92 valence electrons. The Kier molecular flexibility index (Phi) is 3.51. The van der Waals surface area contributed by atoms with Gasteiger partial charge in [-0.05, 0) is 37.2 Å². The summed E-state index contributed by atoms with van der Waals surface area (Å²) in [6, 6.07) is 2.60. The fraction of sp³-hybridized carbons (Fsp3) is 0.714. The van der Waals surface area contributed by atoms with Crippen molar-refractivity contribution in [2.24, 2.45) is 5.92 Å². The number of rotatable bonds is 4. The Morgan fingerprint density at radius 1 is 1.53 bits per heavy atom. The summed E-state index contributed by atoms with van der Waals surface area (Å²) in [6.07, 6.45) is 6.55. The minimum atomic E-state index is 0.292. The van der Waals surface area contributed by atoms with E-state index in [0.717, 1.165) is 5.69 Å². The average molecular weight is 231 g/mol. The molecule has 0 aliphatic heterocycles. The molecule has 0 N–H and O–H groups in total. The van der Waals surface area contributed by atoms with Gasteiger partial charge in [0.1, 0.15) is 0 Å². The molecule has 1 aromatic rings. The molecule has 1 fully saturated rings. The molecule has 0 radical (unpaired) electrons. The molecule has 1 unspecified atom stereocenters. The van der Waals surface area contributed by atoms with E-state index < -0.39 is 0 Å². The van der Waals surface area contributed by atoms with Gasteiger partial charge in [0.15, 0.2) is 0 Å². The maximum Gasteiger partial charge on any atom is 0.0677 e. The quantitative estimate of drug-likeness (QED) is 0.795. The Labute approximate surface area is 103 Å². The molecule has 0 aromatic carbocycles. The van der Waals surface area contributed by atoms with E-state index in [1.165, 1.54) is 24.8 Å². The van der Waals surface area contributed by atoms with Gasteiger partial charge in [0, 0.05) is 6.20 Å². The fourth-order valence-corrected chi connectivity index (χ4v) is 2.63. The first kappa shape index (κ1) is 12.2. The first-order chi connectivity index (χ1) is 8.13. The first-order valence-corrected chi connectivity index (χ1v) is 6.56. The van der Waals surface area contributed by atoms with Crippen LogP contribution >= 0.6 is 0 Å². The van der Waals surface area contributed by atoms with Crippen molar-refractivity contribution in [1.29, 1.82) is 5.26 Å². The maximum absolute atomic E-state index is 8.96. The Hall–Kier alpha value is -1.30. The summed E-state index contributed by atoms with van der Waals surface area (Å²) < 4.78 is 2.05. The van der Waals surface area contributed by atoms with Crippen LogP contribution in [0.15, 0.2) is 6.20 Å². The molecule has 1 aliphatic carbocycles. The monoisotopic (exact) mass is 231 g/mol. The average Bonchev–Trinajstić information content (AvgIpc) is 2.57. The molecule has 0 bridgehead atoms. The molecule has 1 heterocycles. The zero-order chi connectivity index (χ0) is 12.4. The molecule has 1 atom stereocenters. The van der Waals surface area contributed by atoms with Crippen LogP contribution in [0.1, 0.15) is 62.7 Å². The van der Waals surface area contributed by atoms with Crippen molar-refractivity contribution in [3.63, 3.8) is 0 Å². The minimum Gasteiger partial charge on any atom is -0.268 e. The number of nitrogens with zero attached hydrogens (tertiary/aromatic N) is 3. The van der Waals surface area contributed by atoms with Gasteiger partial charge in [-0.15, -0.1) is 0 Å². The third kappa shape index (κ3) is 2.36.